The Labute approximate surface area is 83.6 Å². The maximum absolute atomic E-state index is 11.3. The monoisotopic (exact) mass is 203 g/mol. The van der Waals surface area contributed by atoms with Crippen molar-refractivity contribution in [2.45, 2.75) is 20.3 Å². The molecule has 0 radical (unpaired) electrons. The lowest BCUT2D eigenvalue weighted by molar-refractivity contribution is -0.146. The molecular weight excluding hydrogens is 186 g/mol. The maximum Gasteiger partial charge on any atom is 0.323 e. The van der Waals surface area contributed by atoms with Gasteiger partial charge in [0.2, 0.25) is 5.91 Å². The lowest BCUT2D eigenvalue weighted by Crippen LogP contribution is -2.37. The van der Waals surface area contributed by atoms with Gasteiger partial charge in [-0.15, -0.1) is 0 Å². The molecule has 0 aromatic rings. The molecule has 1 N–H and O–H groups in total. The number of aliphatic carboxylic acids is 1. The second kappa shape index (κ2) is 7.32. The van der Waals surface area contributed by atoms with Crippen LogP contribution in [0.1, 0.15) is 20.3 Å². The highest BCUT2D eigenvalue weighted by molar-refractivity contribution is 5.82. The summed E-state index contributed by atoms with van der Waals surface area (Å²) in [6.45, 7) is 4.30. The Hall–Kier alpha value is -1.10. The highest BCUT2D eigenvalue weighted by atomic mass is 16.5. The standard InChI is InChI=1S/C9H17NO4/c1-3-5-14-7-8(11)10(4-2)6-9(12)13/h3-7H2,1-2H3,(H,12,13). The molecule has 14 heavy (non-hydrogen) atoms. The van der Waals surface area contributed by atoms with Crippen molar-refractivity contribution in [2.75, 3.05) is 26.3 Å². The van der Waals surface area contributed by atoms with Crippen LogP contribution in [0, 0.1) is 0 Å². The fraction of sp³-hybridized carbons (Fsp3) is 0.778. The Morgan fingerprint density at radius 3 is 2.43 bits per heavy atom. The van der Waals surface area contributed by atoms with Crippen molar-refractivity contribution in [1.29, 1.82) is 0 Å². The third-order valence-electron chi connectivity index (χ3n) is 1.63. The minimum atomic E-state index is -1.00. The van der Waals surface area contributed by atoms with Gasteiger partial charge in [0.1, 0.15) is 13.2 Å². The largest absolute Gasteiger partial charge is 0.480 e. The number of carboxylic acids is 1. The number of amides is 1. The van der Waals surface area contributed by atoms with Crippen LogP contribution in [0.2, 0.25) is 0 Å². The van der Waals surface area contributed by atoms with Gasteiger partial charge < -0.3 is 14.7 Å². The number of hydrogen-bond acceptors (Lipinski definition) is 3. The summed E-state index contributed by atoms with van der Waals surface area (Å²) in [6, 6.07) is 0. The van der Waals surface area contributed by atoms with E-state index in [-0.39, 0.29) is 19.1 Å². The predicted octanol–water partition coefficient (Wildman–Crippen LogP) is 0.346. The number of likely N-dealkylation sites (N-methyl/N-ethyl adjacent to an activating group) is 1. The first-order valence-electron chi connectivity index (χ1n) is 4.69. The summed E-state index contributed by atoms with van der Waals surface area (Å²) in [5.41, 5.74) is 0. The minimum Gasteiger partial charge on any atom is -0.480 e. The number of carboxylic acid groups (broad SMARTS) is 1. The Morgan fingerprint density at radius 1 is 1.36 bits per heavy atom. The van der Waals surface area contributed by atoms with Crippen LogP contribution in [0.3, 0.4) is 0 Å². The van der Waals surface area contributed by atoms with E-state index >= 15 is 0 Å². The number of nitrogens with zero attached hydrogens (tertiary/aromatic N) is 1. The molecule has 0 aliphatic carbocycles. The molecule has 0 saturated carbocycles. The van der Waals surface area contributed by atoms with Crippen LogP contribution in [-0.2, 0) is 14.3 Å². The molecule has 0 aliphatic rings. The van der Waals surface area contributed by atoms with Gasteiger partial charge in [0.25, 0.3) is 0 Å². The molecule has 5 heteroatoms. The van der Waals surface area contributed by atoms with Crippen molar-refractivity contribution in [1.82, 2.24) is 4.90 Å². The van der Waals surface area contributed by atoms with Gasteiger partial charge in [-0.25, -0.2) is 0 Å². The smallest absolute Gasteiger partial charge is 0.323 e. The minimum absolute atomic E-state index is 0.0328. The van der Waals surface area contributed by atoms with Crippen molar-refractivity contribution in [3.05, 3.63) is 0 Å². The van der Waals surface area contributed by atoms with E-state index in [1.807, 2.05) is 6.92 Å². The summed E-state index contributed by atoms with van der Waals surface area (Å²) in [5, 5.41) is 8.50. The Kier molecular flexibility index (Phi) is 6.74. The number of ether oxygens (including phenoxy) is 1. The molecule has 5 nitrogen and oxygen atoms in total. The molecule has 1 amide bonds. The molecule has 82 valence electrons. The lowest BCUT2D eigenvalue weighted by atomic mass is 10.4. The van der Waals surface area contributed by atoms with Crippen molar-refractivity contribution in [3.63, 3.8) is 0 Å². The van der Waals surface area contributed by atoms with E-state index in [0.29, 0.717) is 13.2 Å². The molecule has 0 spiro atoms. The third kappa shape index (κ3) is 5.53. The van der Waals surface area contributed by atoms with E-state index in [1.54, 1.807) is 6.92 Å². The second-order valence-electron chi connectivity index (χ2n) is 2.85. The van der Waals surface area contributed by atoms with Gasteiger partial charge in [-0.05, 0) is 13.3 Å². The lowest BCUT2D eigenvalue weighted by Gasteiger charge is -2.18. The molecule has 0 aromatic heterocycles. The fourth-order valence-electron chi connectivity index (χ4n) is 0.935. The van der Waals surface area contributed by atoms with Crippen molar-refractivity contribution >= 4 is 11.9 Å². The average molecular weight is 203 g/mol. The molecule has 0 bridgehead atoms. The maximum atomic E-state index is 11.3. The summed E-state index contributed by atoms with van der Waals surface area (Å²) >= 11 is 0. The van der Waals surface area contributed by atoms with Gasteiger partial charge in [-0.2, -0.15) is 0 Å². The Bertz CT molecular complexity index is 193. The summed E-state index contributed by atoms with van der Waals surface area (Å²) in [7, 11) is 0. The van der Waals surface area contributed by atoms with Gasteiger partial charge in [0, 0.05) is 13.2 Å². The summed E-state index contributed by atoms with van der Waals surface area (Å²) in [6.07, 6.45) is 0.846. The van der Waals surface area contributed by atoms with Crippen molar-refractivity contribution in [3.8, 4) is 0 Å². The quantitative estimate of drug-likeness (QED) is 0.606. The van der Waals surface area contributed by atoms with Crippen LogP contribution in [0.5, 0.6) is 0 Å². The zero-order valence-corrected chi connectivity index (χ0v) is 8.65. The number of carbonyl (C=O) groups excluding carboxylic acids is 1. The molecular formula is C9H17NO4. The first kappa shape index (κ1) is 12.9. The highest BCUT2D eigenvalue weighted by Gasteiger charge is 2.14. The summed E-state index contributed by atoms with van der Waals surface area (Å²) in [5.74, 6) is -1.28. The molecule has 0 atom stereocenters. The van der Waals surface area contributed by atoms with Crippen LogP contribution in [0.25, 0.3) is 0 Å². The van der Waals surface area contributed by atoms with Crippen LogP contribution >= 0.6 is 0 Å². The Balaban J connectivity index is 3.85. The van der Waals surface area contributed by atoms with Crippen LogP contribution < -0.4 is 0 Å². The van der Waals surface area contributed by atoms with Crippen molar-refractivity contribution < 1.29 is 19.4 Å². The number of rotatable bonds is 7. The van der Waals surface area contributed by atoms with E-state index in [2.05, 4.69) is 0 Å². The summed E-state index contributed by atoms with van der Waals surface area (Å²) < 4.78 is 5.02. The van der Waals surface area contributed by atoms with Gasteiger partial charge in [0.15, 0.2) is 0 Å². The molecule has 0 rings (SSSR count). The van der Waals surface area contributed by atoms with Gasteiger partial charge >= 0.3 is 5.97 Å². The molecule has 0 aliphatic heterocycles. The zero-order valence-electron chi connectivity index (χ0n) is 8.65. The van der Waals surface area contributed by atoms with E-state index in [9.17, 15) is 9.59 Å². The molecule has 0 unspecified atom stereocenters. The number of carbonyl (C=O) groups is 2. The van der Waals surface area contributed by atoms with Gasteiger partial charge in [0.05, 0.1) is 0 Å². The zero-order chi connectivity index (χ0) is 11.0. The van der Waals surface area contributed by atoms with E-state index < -0.39 is 5.97 Å². The number of hydrogen-bond donors (Lipinski definition) is 1. The van der Waals surface area contributed by atoms with Crippen LogP contribution in [0.15, 0.2) is 0 Å². The topological polar surface area (TPSA) is 66.8 Å². The van der Waals surface area contributed by atoms with Gasteiger partial charge in [-0.1, -0.05) is 6.92 Å². The third-order valence-corrected chi connectivity index (χ3v) is 1.63. The summed E-state index contributed by atoms with van der Waals surface area (Å²) in [4.78, 5) is 22.9. The molecule has 0 aromatic carbocycles. The molecule has 0 fully saturated rings. The van der Waals surface area contributed by atoms with Crippen LogP contribution in [-0.4, -0.2) is 48.2 Å². The molecule has 0 heterocycles. The van der Waals surface area contributed by atoms with E-state index in [0.717, 1.165) is 6.42 Å². The first-order chi connectivity index (χ1) is 6.61. The SMILES string of the molecule is CCCOCC(=O)N(CC)CC(=O)O. The predicted molar refractivity (Wildman–Crippen MR) is 51.0 cm³/mol. The van der Waals surface area contributed by atoms with E-state index in [1.165, 1.54) is 4.90 Å². The average Bonchev–Trinajstić information content (AvgIpc) is 2.14. The second-order valence-corrected chi connectivity index (χ2v) is 2.85. The Morgan fingerprint density at radius 2 is 2.00 bits per heavy atom. The van der Waals surface area contributed by atoms with E-state index in [4.69, 9.17) is 9.84 Å². The first-order valence-corrected chi connectivity index (χ1v) is 4.69. The van der Waals surface area contributed by atoms with Gasteiger partial charge in [-0.3, -0.25) is 9.59 Å². The van der Waals surface area contributed by atoms with Crippen molar-refractivity contribution in [2.24, 2.45) is 0 Å². The molecule has 0 saturated heterocycles. The highest BCUT2D eigenvalue weighted by Crippen LogP contribution is 1.91. The van der Waals surface area contributed by atoms with Crippen LogP contribution in [0.4, 0.5) is 0 Å². The normalized spacial score (nSPS) is 9.86. The fourth-order valence-corrected chi connectivity index (χ4v) is 0.935.